The van der Waals surface area contributed by atoms with Crippen molar-refractivity contribution in [1.29, 1.82) is 0 Å². The predicted octanol–water partition coefficient (Wildman–Crippen LogP) is 0.140. The Bertz CT molecular complexity index is 358. The molecule has 1 amide bonds. The second kappa shape index (κ2) is 5.14. The molecule has 2 rings (SSSR count). The Hall–Kier alpha value is -1.33. The quantitative estimate of drug-likeness (QED) is 0.642. The molecule has 5 nitrogen and oxygen atoms in total. The van der Waals surface area contributed by atoms with Crippen LogP contribution >= 0.6 is 0 Å². The summed E-state index contributed by atoms with van der Waals surface area (Å²) in [7, 11) is 0. The number of amides is 1. The lowest BCUT2D eigenvalue weighted by Crippen LogP contribution is -2.34. The maximum Gasteiger partial charge on any atom is 0.234 e. The maximum absolute atomic E-state index is 11.3. The van der Waals surface area contributed by atoms with Crippen molar-refractivity contribution in [3.63, 3.8) is 0 Å². The van der Waals surface area contributed by atoms with Gasteiger partial charge in [0.2, 0.25) is 5.91 Å². The molecule has 1 aliphatic rings. The zero-order valence-corrected chi connectivity index (χ0v) is 9.03. The average molecular weight is 224 g/mol. The van der Waals surface area contributed by atoms with Crippen LogP contribution in [0.2, 0.25) is 0 Å². The molecule has 1 heterocycles. The third-order valence-electron chi connectivity index (χ3n) is 2.40. The first-order valence-corrected chi connectivity index (χ1v) is 5.46. The summed E-state index contributed by atoms with van der Waals surface area (Å²) in [4.78, 5) is 11.3. The van der Waals surface area contributed by atoms with Crippen LogP contribution in [0.5, 0.6) is 0 Å². The zero-order chi connectivity index (χ0) is 11.4. The van der Waals surface area contributed by atoms with Crippen molar-refractivity contribution in [2.24, 2.45) is 0 Å². The first-order chi connectivity index (χ1) is 7.78. The second-order valence-electron chi connectivity index (χ2n) is 3.97. The zero-order valence-electron chi connectivity index (χ0n) is 9.03. The molecule has 0 radical (unpaired) electrons. The number of hydrogen-bond donors (Lipinski definition) is 3. The number of rotatable bonds is 6. The molecule has 0 bridgehead atoms. The number of carbonyl (C=O) groups is 1. The standard InChI is InChI=1S/C11H16N2O3/c14-7-10-4-3-9(16-10)5-12-6-11(15)13-8-1-2-8/h3-4,8,12,14H,1-2,5-7H2,(H,13,15). The number of aliphatic hydroxyl groups is 1. The average Bonchev–Trinajstić information content (AvgIpc) is 2.96. The van der Waals surface area contributed by atoms with Crippen LogP contribution in [-0.2, 0) is 17.9 Å². The Morgan fingerprint density at radius 2 is 2.19 bits per heavy atom. The number of aliphatic hydroxyl groups excluding tert-OH is 1. The molecule has 1 saturated carbocycles. The van der Waals surface area contributed by atoms with Crippen molar-refractivity contribution < 1.29 is 14.3 Å². The van der Waals surface area contributed by atoms with Crippen molar-refractivity contribution in [1.82, 2.24) is 10.6 Å². The van der Waals surface area contributed by atoms with Crippen LogP contribution < -0.4 is 10.6 Å². The fraction of sp³-hybridized carbons (Fsp3) is 0.545. The third kappa shape index (κ3) is 3.36. The summed E-state index contributed by atoms with van der Waals surface area (Å²) in [6, 6.07) is 3.91. The van der Waals surface area contributed by atoms with E-state index in [-0.39, 0.29) is 12.5 Å². The number of nitrogens with one attached hydrogen (secondary N) is 2. The van der Waals surface area contributed by atoms with E-state index in [1.807, 2.05) is 0 Å². The van der Waals surface area contributed by atoms with Crippen molar-refractivity contribution in [2.75, 3.05) is 6.54 Å². The summed E-state index contributed by atoms with van der Waals surface area (Å²) in [5.41, 5.74) is 0. The summed E-state index contributed by atoms with van der Waals surface area (Å²) in [6.45, 7) is 0.700. The van der Waals surface area contributed by atoms with E-state index in [9.17, 15) is 4.79 Å². The van der Waals surface area contributed by atoms with Crippen LogP contribution in [0.15, 0.2) is 16.5 Å². The summed E-state index contributed by atoms with van der Waals surface area (Å²) in [5, 5.41) is 14.7. The van der Waals surface area contributed by atoms with Gasteiger partial charge in [0, 0.05) is 6.04 Å². The van der Waals surface area contributed by atoms with Gasteiger partial charge in [0.05, 0.1) is 13.1 Å². The van der Waals surface area contributed by atoms with E-state index >= 15 is 0 Å². The lowest BCUT2D eigenvalue weighted by molar-refractivity contribution is -0.120. The molecule has 0 atom stereocenters. The smallest absolute Gasteiger partial charge is 0.234 e. The summed E-state index contributed by atoms with van der Waals surface area (Å²) in [5.74, 6) is 1.29. The summed E-state index contributed by atoms with van der Waals surface area (Å²) < 4.78 is 5.26. The van der Waals surface area contributed by atoms with Gasteiger partial charge in [0.1, 0.15) is 18.1 Å². The minimum Gasteiger partial charge on any atom is -0.462 e. The van der Waals surface area contributed by atoms with Gasteiger partial charge in [0.15, 0.2) is 0 Å². The summed E-state index contributed by atoms with van der Waals surface area (Å²) in [6.07, 6.45) is 2.20. The molecule has 0 unspecified atom stereocenters. The van der Waals surface area contributed by atoms with E-state index in [4.69, 9.17) is 9.52 Å². The minimum atomic E-state index is -0.0951. The van der Waals surface area contributed by atoms with Gasteiger partial charge in [-0.15, -0.1) is 0 Å². The molecular formula is C11H16N2O3. The van der Waals surface area contributed by atoms with Gasteiger partial charge in [-0.3, -0.25) is 4.79 Å². The number of carbonyl (C=O) groups excluding carboxylic acids is 1. The highest BCUT2D eigenvalue weighted by Gasteiger charge is 2.22. The molecule has 16 heavy (non-hydrogen) atoms. The highest BCUT2D eigenvalue weighted by atomic mass is 16.4. The molecule has 88 valence electrons. The van der Waals surface area contributed by atoms with E-state index in [0.717, 1.165) is 18.6 Å². The lowest BCUT2D eigenvalue weighted by atomic mass is 10.4. The van der Waals surface area contributed by atoms with Crippen LogP contribution in [0.3, 0.4) is 0 Å². The van der Waals surface area contributed by atoms with Crippen molar-refractivity contribution in [2.45, 2.75) is 32.0 Å². The van der Waals surface area contributed by atoms with Crippen molar-refractivity contribution in [3.8, 4) is 0 Å². The Morgan fingerprint density at radius 3 is 2.81 bits per heavy atom. The molecule has 0 aliphatic heterocycles. The third-order valence-corrected chi connectivity index (χ3v) is 2.40. The monoisotopic (exact) mass is 224 g/mol. The molecule has 1 aliphatic carbocycles. The molecule has 3 N–H and O–H groups in total. The number of furan rings is 1. The Morgan fingerprint density at radius 1 is 1.44 bits per heavy atom. The van der Waals surface area contributed by atoms with Gasteiger partial charge in [-0.05, 0) is 25.0 Å². The fourth-order valence-corrected chi connectivity index (χ4v) is 1.41. The Labute approximate surface area is 93.8 Å². The fourth-order valence-electron chi connectivity index (χ4n) is 1.41. The molecule has 1 fully saturated rings. The predicted molar refractivity (Wildman–Crippen MR) is 57.5 cm³/mol. The second-order valence-corrected chi connectivity index (χ2v) is 3.97. The summed E-state index contributed by atoms with van der Waals surface area (Å²) >= 11 is 0. The van der Waals surface area contributed by atoms with E-state index in [1.54, 1.807) is 12.1 Å². The largest absolute Gasteiger partial charge is 0.462 e. The molecule has 0 saturated heterocycles. The highest BCUT2D eigenvalue weighted by Crippen LogP contribution is 2.18. The molecule has 0 aromatic carbocycles. The van der Waals surface area contributed by atoms with Gasteiger partial charge >= 0.3 is 0 Å². The van der Waals surface area contributed by atoms with Gasteiger partial charge in [-0.2, -0.15) is 0 Å². The van der Waals surface area contributed by atoms with E-state index in [0.29, 0.717) is 24.9 Å². The first kappa shape index (κ1) is 11.2. The first-order valence-electron chi connectivity index (χ1n) is 5.46. The molecular weight excluding hydrogens is 208 g/mol. The van der Waals surface area contributed by atoms with Crippen molar-refractivity contribution in [3.05, 3.63) is 23.7 Å². The van der Waals surface area contributed by atoms with Gasteiger partial charge in [0.25, 0.3) is 0 Å². The van der Waals surface area contributed by atoms with E-state index in [1.165, 1.54) is 0 Å². The maximum atomic E-state index is 11.3. The Kier molecular flexibility index (Phi) is 3.58. The molecule has 5 heteroatoms. The molecule has 1 aromatic heterocycles. The van der Waals surface area contributed by atoms with Crippen LogP contribution in [-0.4, -0.2) is 23.6 Å². The highest BCUT2D eigenvalue weighted by molar-refractivity contribution is 5.78. The van der Waals surface area contributed by atoms with Gasteiger partial charge < -0.3 is 20.2 Å². The van der Waals surface area contributed by atoms with E-state index in [2.05, 4.69) is 10.6 Å². The van der Waals surface area contributed by atoms with Crippen LogP contribution in [0.1, 0.15) is 24.4 Å². The van der Waals surface area contributed by atoms with Crippen LogP contribution in [0.25, 0.3) is 0 Å². The lowest BCUT2D eigenvalue weighted by Gasteiger charge is -2.03. The van der Waals surface area contributed by atoms with E-state index < -0.39 is 0 Å². The van der Waals surface area contributed by atoms with Gasteiger partial charge in [-0.25, -0.2) is 0 Å². The van der Waals surface area contributed by atoms with Gasteiger partial charge in [-0.1, -0.05) is 0 Å². The SMILES string of the molecule is O=C(CNCc1ccc(CO)o1)NC1CC1. The Balaban J connectivity index is 1.64. The number of hydrogen-bond acceptors (Lipinski definition) is 4. The van der Waals surface area contributed by atoms with Crippen LogP contribution in [0, 0.1) is 0 Å². The minimum absolute atomic E-state index is 0.0245. The molecule has 1 aromatic rings. The van der Waals surface area contributed by atoms with Crippen LogP contribution in [0.4, 0.5) is 0 Å². The topological polar surface area (TPSA) is 74.5 Å². The molecule has 0 spiro atoms. The van der Waals surface area contributed by atoms with Crippen molar-refractivity contribution >= 4 is 5.91 Å². The normalized spacial score (nSPS) is 15.1.